The van der Waals surface area contributed by atoms with Crippen molar-refractivity contribution in [2.24, 2.45) is 14.1 Å². The molecule has 4 heterocycles. The lowest BCUT2D eigenvalue weighted by atomic mass is 10.1. The van der Waals surface area contributed by atoms with E-state index in [1.54, 1.807) is 43.6 Å². The van der Waals surface area contributed by atoms with Gasteiger partial charge in [-0.1, -0.05) is 40.3 Å². The van der Waals surface area contributed by atoms with Gasteiger partial charge in [-0.3, -0.25) is 0 Å². The fraction of sp³-hybridized carbons (Fsp3) is 0.154. The lowest BCUT2D eigenvalue weighted by Crippen LogP contribution is -2.14. The molecule has 11 heteroatoms. The molecule has 37 heavy (non-hydrogen) atoms. The van der Waals surface area contributed by atoms with Crippen LogP contribution in [0.1, 0.15) is 5.56 Å². The van der Waals surface area contributed by atoms with Crippen LogP contribution in [0.5, 0.6) is 0 Å². The summed E-state index contributed by atoms with van der Waals surface area (Å²) in [4.78, 5) is 8.02. The zero-order chi connectivity index (χ0) is 26.3. The monoisotopic (exact) mass is 625 g/mol. The summed E-state index contributed by atoms with van der Waals surface area (Å²) in [6, 6.07) is 18.3. The van der Waals surface area contributed by atoms with Crippen molar-refractivity contribution in [1.29, 1.82) is 0 Å². The highest BCUT2D eigenvalue weighted by Crippen LogP contribution is 2.37. The number of alkyl halides is 1. The van der Waals surface area contributed by atoms with Gasteiger partial charge in [0.1, 0.15) is 0 Å². The fourth-order valence-corrected chi connectivity index (χ4v) is 5.87. The second kappa shape index (κ2) is 9.71. The summed E-state index contributed by atoms with van der Waals surface area (Å²) in [5, 5.41) is 14.0. The minimum atomic E-state index is -3.93. The van der Waals surface area contributed by atoms with Gasteiger partial charge in [0, 0.05) is 46.9 Å². The number of tetrazole rings is 1. The van der Waals surface area contributed by atoms with Gasteiger partial charge in [0.2, 0.25) is 5.82 Å². The molecule has 4 aromatic heterocycles. The number of fused-ring (bicyclic) bond motifs is 2. The summed E-state index contributed by atoms with van der Waals surface area (Å²) < 4.78 is 31.2. The Morgan fingerprint density at radius 2 is 1.70 bits per heavy atom. The molecule has 0 N–H and O–H groups in total. The molecule has 0 unspecified atom stereocenters. The lowest BCUT2D eigenvalue weighted by Gasteiger charge is -2.11. The predicted molar refractivity (Wildman–Crippen MR) is 153 cm³/mol. The van der Waals surface area contributed by atoms with Crippen LogP contribution in [0, 0.1) is 6.92 Å². The second-order valence-electron chi connectivity index (χ2n) is 8.52. The highest BCUT2D eigenvalue weighted by atomic mass is 127. The Morgan fingerprint density at radius 1 is 0.946 bits per heavy atom. The van der Waals surface area contributed by atoms with Gasteiger partial charge >= 0.3 is 0 Å². The van der Waals surface area contributed by atoms with E-state index in [9.17, 15) is 8.42 Å². The maximum absolute atomic E-state index is 13.9. The molecule has 0 atom stereocenters. The van der Waals surface area contributed by atoms with Gasteiger partial charge < -0.3 is 4.57 Å². The standard InChI is InChI=1S/C25H21N7O2S.CH3I/c1-16-6-9-19(10-7-16)35(33,34)32-23(14-18-5-4-12-26-25(18)32)21-15-30(2)22-11-8-17(13-20(21)22)24-27-29-31(3)28-24;1-2/h4-15H,1-3H3;1H3. The summed E-state index contributed by atoms with van der Waals surface area (Å²) in [7, 11) is -0.280. The van der Waals surface area contributed by atoms with E-state index in [4.69, 9.17) is 0 Å². The first-order valence-electron chi connectivity index (χ1n) is 11.3. The zero-order valence-electron chi connectivity index (χ0n) is 20.7. The molecule has 0 aliphatic carbocycles. The number of halogens is 1. The van der Waals surface area contributed by atoms with Crippen LogP contribution in [0.15, 0.2) is 78.0 Å². The van der Waals surface area contributed by atoms with E-state index >= 15 is 0 Å². The molecule has 2 aromatic carbocycles. The van der Waals surface area contributed by atoms with Gasteiger partial charge in [0.15, 0.2) is 5.65 Å². The van der Waals surface area contributed by atoms with E-state index in [1.807, 2.05) is 60.0 Å². The van der Waals surface area contributed by atoms with Gasteiger partial charge in [-0.05, 0) is 65.6 Å². The molecule has 188 valence electrons. The highest BCUT2D eigenvalue weighted by molar-refractivity contribution is 14.1. The van der Waals surface area contributed by atoms with Crippen LogP contribution in [0.4, 0.5) is 0 Å². The van der Waals surface area contributed by atoms with Crippen LogP contribution in [0.2, 0.25) is 0 Å². The first-order chi connectivity index (χ1) is 17.8. The largest absolute Gasteiger partial charge is 0.350 e. The average Bonchev–Trinajstić information content (AvgIpc) is 3.60. The number of hydrogen-bond donors (Lipinski definition) is 0. The Kier molecular flexibility index (Phi) is 6.58. The minimum absolute atomic E-state index is 0.206. The van der Waals surface area contributed by atoms with E-state index in [1.165, 1.54) is 8.77 Å². The molecule has 0 fully saturated rings. The topological polar surface area (TPSA) is 100 Å². The van der Waals surface area contributed by atoms with Crippen molar-refractivity contribution in [1.82, 2.24) is 33.7 Å². The number of nitrogens with zero attached hydrogens (tertiary/aromatic N) is 7. The van der Waals surface area contributed by atoms with Gasteiger partial charge in [0.05, 0.1) is 17.6 Å². The molecule has 9 nitrogen and oxygen atoms in total. The summed E-state index contributed by atoms with van der Waals surface area (Å²) >= 11 is 2.15. The van der Waals surface area contributed by atoms with Crippen molar-refractivity contribution in [3.63, 3.8) is 0 Å². The SMILES string of the molecule is CI.Cc1ccc(S(=O)(=O)n2c(-c3cn(C)c4ccc(-c5nnn(C)n5)cc34)cc3cccnc32)cc1. The van der Waals surface area contributed by atoms with Gasteiger partial charge in [0.25, 0.3) is 10.0 Å². The van der Waals surface area contributed by atoms with Crippen LogP contribution in [-0.4, -0.2) is 47.1 Å². The lowest BCUT2D eigenvalue weighted by molar-refractivity contribution is 0.589. The van der Waals surface area contributed by atoms with Crippen LogP contribution in [0.3, 0.4) is 0 Å². The predicted octanol–water partition coefficient (Wildman–Crippen LogP) is 4.98. The van der Waals surface area contributed by atoms with Crippen molar-refractivity contribution < 1.29 is 8.42 Å². The molecular formula is C26H24IN7O2S. The number of hydrogen-bond acceptors (Lipinski definition) is 6. The molecule has 0 saturated carbocycles. The van der Waals surface area contributed by atoms with Crippen molar-refractivity contribution in [2.45, 2.75) is 11.8 Å². The molecule has 0 bridgehead atoms. The third-order valence-corrected chi connectivity index (χ3v) is 7.83. The van der Waals surface area contributed by atoms with E-state index in [2.05, 4.69) is 43.0 Å². The molecule has 0 aliphatic heterocycles. The number of benzene rings is 2. The Balaban J connectivity index is 0.00000137. The number of aromatic nitrogens is 7. The first kappa shape index (κ1) is 25.1. The molecule has 0 radical (unpaired) electrons. The first-order valence-corrected chi connectivity index (χ1v) is 14.9. The quantitative estimate of drug-likeness (QED) is 0.202. The van der Waals surface area contributed by atoms with Crippen molar-refractivity contribution in [3.8, 4) is 22.6 Å². The second-order valence-corrected chi connectivity index (χ2v) is 10.3. The third kappa shape index (κ3) is 4.31. The normalized spacial score (nSPS) is 11.6. The summed E-state index contributed by atoms with van der Waals surface area (Å²) in [5.41, 5.74) is 4.41. The van der Waals surface area contributed by atoms with Crippen LogP contribution >= 0.6 is 22.6 Å². The molecule has 0 amide bonds. The fourth-order valence-electron chi connectivity index (χ4n) is 4.39. The Hall–Kier alpha value is -3.58. The molecule has 0 aliphatic rings. The van der Waals surface area contributed by atoms with Crippen LogP contribution in [0.25, 0.3) is 44.6 Å². The van der Waals surface area contributed by atoms with Crippen LogP contribution in [-0.2, 0) is 24.1 Å². The van der Waals surface area contributed by atoms with Crippen molar-refractivity contribution >= 4 is 54.6 Å². The Bertz CT molecular complexity index is 1850. The summed E-state index contributed by atoms with van der Waals surface area (Å²) in [5.74, 6) is 0.499. The van der Waals surface area contributed by atoms with Gasteiger partial charge in [-0.2, -0.15) is 4.80 Å². The maximum atomic E-state index is 13.9. The smallest absolute Gasteiger partial charge is 0.269 e. The average molecular weight is 625 g/mol. The van der Waals surface area contributed by atoms with E-state index in [0.29, 0.717) is 17.2 Å². The molecule has 0 spiro atoms. The van der Waals surface area contributed by atoms with Gasteiger partial charge in [-0.25, -0.2) is 17.4 Å². The van der Waals surface area contributed by atoms with E-state index in [-0.39, 0.29) is 4.90 Å². The maximum Gasteiger partial charge on any atom is 0.269 e. The highest BCUT2D eigenvalue weighted by Gasteiger charge is 2.26. The minimum Gasteiger partial charge on any atom is -0.350 e. The summed E-state index contributed by atoms with van der Waals surface area (Å²) in [6.45, 7) is 1.92. The van der Waals surface area contributed by atoms with Crippen molar-refractivity contribution in [3.05, 3.63) is 78.6 Å². The summed E-state index contributed by atoms with van der Waals surface area (Å²) in [6.07, 6.45) is 3.54. The third-order valence-electron chi connectivity index (χ3n) is 6.11. The molecule has 6 aromatic rings. The molecule has 6 rings (SSSR count). The zero-order valence-corrected chi connectivity index (χ0v) is 23.6. The van der Waals surface area contributed by atoms with Gasteiger partial charge in [-0.15, -0.1) is 10.2 Å². The molecular weight excluding hydrogens is 601 g/mol. The Labute approximate surface area is 227 Å². The van der Waals surface area contributed by atoms with E-state index < -0.39 is 10.0 Å². The number of rotatable bonds is 4. The number of pyridine rings is 1. The van der Waals surface area contributed by atoms with Crippen molar-refractivity contribution in [2.75, 3.05) is 4.93 Å². The van der Waals surface area contributed by atoms with E-state index in [0.717, 1.165) is 33.0 Å². The Morgan fingerprint density at radius 3 is 2.41 bits per heavy atom. The van der Waals surface area contributed by atoms with Crippen LogP contribution < -0.4 is 0 Å². The number of aryl methyl sites for hydroxylation is 3. The molecule has 0 saturated heterocycles.